The van der Waals surface area contributed by atoms with Gasteiger partial charge in [0.05, 0.1) is 11.3 Å². The zero-order valence-corrected chi connectivity index (χ0v) is 15.4. The number of carbonyl (C=O) groups is 2. The van der Waals surface area contributed by atoms with Crippen molar-refractivity contribution in [2.24, 2.45) is 5.41 Å². The molecule has 1 aliphatic rings. The Morgan fingerprint density at radius 3 is 2.56 bits per heavy atom. The monoisotopic (exact) mass is 361 g/mol. The molecule has 1 saturated heterocycles. The molecule has 5 heteroatoms. The van der Waals surface area contributed by atoms with Gasteiger partial charge in [-0.2, -0.15) is 5.26 Å². The maximum Gasteiger partial charge on any atom is 0.252 e. The van der Waals surface area contributed by atoms with Crippen LogP contribution in [0.5, 0.6) is 0 Å². The molecule has 0 aromatic heterocycles. The van der Waals surface area contributed by atoms with Crippen molar-refractivity contribution >= 4 is 17.9 Å². The Morgan fingerprint density at radius 2 is 1.85 bits per heavy atom. The van der Waals surface area contributed by atoms with Gasteiger partial charge in [-0.3, -0.25) is 9.59 Å². The van der Waals surface area contributed by atoms with Crippen molar-refractivity contribution < 1.29 is 9.59 Å². The van der Waals surface area contributed by atoms with Gasteiger partial charge >= 0.3 is 0 Å². The van der Waals surface area contributed by atoms with Crippen LogP contribution in [0.25, 0.3) is 0 Å². The topological polar surface area (TPSA) is 73.2 Å². The molecule has 0 saturated carbocycles. The van der Waals surface area contributed by atoms with Crippen molar-refractivity contribution in [3.05, 3.63) is 65.2 Å². The third-order valence-electron chi connectivity index (χ3n) is 5.34. The number of aldehydes is 1. The molecule has 0 unspecified atom stereocenters. The van der Waals surface area contributed by atoms with E-state index in [1.165, 1.54) is 0 Å². The number of nitrogens with zero attached hydrogens (tertiary/aromatic N) is 2. The average Bonchev–Trinajstić information content (AvgIpc) is 2.72. The smallest absolute Gasteiger partial charge is 0.252 e. The number of nitrogens with one attached hydrogen (secondary N) is 1. The Labute approximate surface area is 159 Å². The van der Waals surface area contributed by atoms with Gasteiger partial charge < -0.3 is 10.2 Å². The van der Waals surface area contributed by atoms with Crippen LogP contribution < -0.4 is 10.2 Å². The highest BCUT2D eigenvalue weighted by Crippen LogP contribution is 2.33. The van der Waals surface area contributed by atoms with Gasteiger partial charge in [0.1, 0.15) is 6.07 Å². The first-order valence-corrected chi connectivity index (χ1v) is 9.13. The van der Waals surface area contributed by atoms with Gasteiger partial charge in [0, 0.05) is 30.8 Å². The van der Waals surface area contributed by atoms with Gasteiger partial charge in [-0.05, 0) is 36.5 Å². The van der Waals surface area contributed by atoms with Crippen molar-refractivity contribution in [2.75, 3.05) is 24.5 Å². The summed E-state index contributed by atoms with van der Waals surface area (Å²) in [5.41, 5.74) is 2.48. The Bertz CT molecular complexity index is 877. The third-order valence-corrected chi connectivity index (χ3v) is 5.34. The van der Waals surface area contributed by atoms with Crippen molar-refractivity contribution in [2.45, 2.75) is 19.8 Å². The highest BCUT2D eigenvalue weighted by atomic mass is 16.1. The summed E-state index contributed by atoms with van der Waals surface area (Å²) in [5, 5.41) is 12.3. The maximum atomic E-state index is 12.5. The molecule has 2 aromatic carbocycles. The fraction of sp³-hybridized carbons (Fsp3) is 0.318. The molecule has 1 amide bonds. The van der Waals surface area contributed by atoms with Gasteiger partial charge in [-0.15, -0.1) is 0 Å². The number of piperidine rings is 1. The first-order chi connectivity index (χ1) is 13.1. The molecule has 1 heterocycles. The molecule has 2 aromatic rings. The van der Waals surface area contributed by atoms with E-state index in [4.69, 9.17) is 0 Å². The minimum Gasteiger partial charge on any atom is -0.370 e. The van der Waals surface area contributed by atoms with Crippen molar-refractivity contribution in [1.29, 1.82) is 5.26 Å². The van der Waals surface area contributed by atoms with Crippen LogP contribution in [0.2, 0.25) is 0 Å². The molecule has 5 nitrogen and oxygen atoms in total. The Balaban J connectivity index is 1.60. The molecule has 0 radical (unpaired) electrons. The second-order valence-corrected chi connectivity index (χ2v) is 7.31. The number of amides is 1. The number of hydrogen-bond acceptors (Lipinski definition) is 4. The minimum atomic E-state index is -0.212. The van der Waals surface area contributed by atoms with Crippen molar-refractivity contribution in [1.82, 2.24) is 5.32 Å². The van der Waals surface area contributed by atoms with Crippen LogP contribution in [0.4, 0.5) is 5.69 Å². The van der Waals surface area contributed by atoms with E-state index in [0.717, 1.165) is 31.6 Å². The van der Waals surface area contributed by atoms with Crippen LogP contribution in [0.15, 0.2) is 48.5 Å². The highest BCUT2D eigenvalue weighted by Gasteiger charge is 2.31. The van der Waals surface area contributed by atoms with E-state index in [9.17, 15) is 14.9 Å². The van der Waals surface area contributed by atoms with Gasteiger partial charge in [0.15, 0.2) is 6.29 Å². The van der Waals surface area contributed by atoms with Gasteiger partial charge in [0.25, 0.3) is 5.91 Å². The summed E-state index contributed by atoms with van der Waals surface area (Å²) in [6.45, 7) is 4.42. The molecule has 1 fully saturated rings. The predicted molar refractivity (Wildman–Crippen MR) is 105 cm³/mol. The number of anilines is 1. The summed E-state index contributed by atoms with van der Waals surface area (Å²) in [7, 11) is 0. The summed E-state index contributed by atoms with van der Waals surface area (Å²) in [4.78, 5) is 25.8. The fourth-order valence-electron chi connectivity index (χ4n) is 3.50. The van der Waals surface area contributed by atoms with Crippen molar-refractivity contribution in [3.63, 3.8) is 0 Å². The first kappa shape index (κ1) is 18.7. The lowest BCUT2D eigenvalue weighted by Gasteiger charge is -2.40. The van der Waals surface area contributed by atoms with Crippen LogP contribution in [0, 0.1) is 16.7 Å². The third kappa shape index (κ3) is 4.17. The summed E-state index contributed by atoms with van der Waals surface area (Å²) in [6, 6.07) is 16.7. The quantitative estimate of drug-likeness (QED) is 0.829. The molecular formula is C22H23N3O2. The van der Waals surface area contributed by atoms with E-state index < -0.39 is 0 Å². The lowest BCUT2D eigenvalue weighted by molar-refractivity contribution is 0.0920. The van der Waals surface area contributed by atoms with Crippen LogP contribution in [0.1, 0.15) is 46.0 Å². The summed E-state index contributed by atoms with van der Waals surface area (Å²) >= 11 is 0. The number of hydrogen-bond donors (Lipinski definition) is 1. The Morgan fingerprint density at radius 1 is 1.19 bits per heavy atom. The van der Waals surface area contributed by atoms with E-state index in [1.54, 1.807) is 24.3 Å². The number of para-hydroxylation sites is 1. The largest absolute Gasteiger partial charge is 0.370 e. The first-order valence-electron chi connectivity index (χ1n) is 9.13. The molecule has 0 aliphatic carbocycles. The SMILES string of the molecule is CC1(CNC(=O)c2ccccc2C=O)CCN(c2ccccc2C#N)CC1. The van der Waals surface area contributed by atoms with E-state index in [0.29, 0.717) is 29.5 Å². The molecule has 3 rings (SSSR count). The molecule has 0 spiro atoms. The number of rotatable bonds is 5. The molecular weight excluding hydrogens is 338 g/mol. The zero-order valence-electron chi connectivity index (χ0n) is 15.4. The zero-order chi connectivity index (χ0) is 19.3. The Hall–Kier alpha value is -3.13. The van der Waals surface area contributed by atoms with Crippen LogP contribution in [-0.4, -0.2) is 31.8 Å². The Kier molecular flexibility index (Phi) is 5.56. The van der Waals surface area contributed by atoms with Gasteiger partial charge in [-0.25, -0.2) is 0 Å². The molecule has 1 aliphatic heterocycles. The van der Waals surface area contributed by atoms with Crippen LogP contribution >= 0.6 is 0 Å². The summed E-state index contributed by atoms with van der Waals surface area (Å²) in [5.74, 6) is -0.212. The van der Waals surface area contributed by atoms with E-state index >= 15 is 0 Å². The molecule has 138 valence electrons. The molecule has 27 heavy (non-hydrogen) atoms. The number of benzene rings is 2. The molecule has 0 atom stereocenters. The normalized spacial score (nSPS) is 15.6. The second-order valence-electron chi connectivity index (χ2n) is 7.31. The van der Waals surface area contributed by atoms with Crippen LogP contribution in [-0.2, 0) is 0 Å². The van der Waals surface area contributed by atoms with E-state index in [-0.39, 0.29) is 11.3 Å². The maximum absolute atomic E-state index is 12.5. The van der Waals surface area contributed by atoms with Crippen molar-refractivity contribution in [3.8, 4) is 6.07 Å². The lowest BCUT2D eigenvalue weighted by Crippen LogP contribution is -2.45. The molecule has 1 N–H and O–H groups in total. The highest BCUT2D eigenvalue weighted by molar-refractivity contribution is 6.01. The number of nitriles is 1. The standard InChI is InChI=1S/C22H23N3O2/c1-22(16-24-21(27)19-8-4-2-7-18(19)15-26)10-12-25(13-11-22)20-9-5-3-6-17(20)14-23/h2-9,15H,10-13,16H2,1H3,(H,24,27). The second kappa shape index (κ2) is 8.05. The molecule has 0 bridgehead atoms. The predicted octanol–water partition coefficient (Wildman–Crippen LogP) is 3.41. The van der Waals surface area contributed by atoms with Gasteiger partial charge in [0.2, 0.25) is 0 Å². The number of carbonyl (C=O) groups excluding carboxylic acids is 2. The van der Waals surface area contributed by atoms with E-state index in [1.807, 2.05) is 24.3 Å². The van der Waals surface area contributed by atoms with Gasteiger partial charge in [-0.1, -0.05) is 37.3 Å². The lowest BCUT2D eigenvalue weighted by atomic mass is 9.80. The van der Waals surface area contributed by atoms with Crippen LogP contribution in [0.3, 0.4) is 0 Å². The summed E-state index contributed by atoms with van der Waals surface area (Å²) in [6.07, 6.45) is 2.55. The minimum absolute atomic E-state index is 0.0101. The summed E-state index contributed by atoms with van der Waals surface area (Å²) < 4.78 is 0. The fourth-order valence-corrected chi connectivity index (χ4v) is 3.50. The van der Waals surface area contributed by atoms with E-state index in [2.05, 4.69) is 23.2 Å². The average molecular weight is 361 g/mol.